The molecule has 0 aromatic heterocycles. The van der Waals surface area contributed by atoms with Crippen molar-refractivity contribution in [3.05, 3.63) is 29.6 Å². The molecule has 1 aromatic carbocycles. The van der Waals surface area contributed by atoms with Crippen LogP contribution in [0.15, 0.2) is 23.1 Å². The number of aliphatic hydroxyl groups is 1. The largest absolute Gasteiger partial charge is 0.384 e. The molecule has 0 heterocycles. The van der Waals surface area contributed by atoms with Crippen molar-refractivity contribution in [3.63, 3.8) is 0 Å². The van der Waals surface area contributed by atoms with Gasteiger partial charge in [0.05, 0.1) is 10.5 Å². The van der Waals surface area contributed by atoms with Crippen LogP contribution in [0.1, 0.15) is 12.0 Å². The molecule has 0 saturated heterocycles. The fraction of sp³-hybridized carbons (Fsp3) is 0.385. The minimum Gasteiger partial charge on any atom is -0.384 e. The number of nitrogens with one attached hydrogen (secondary N) is 1. The molecule has 0 aliphatic carbocycles. The number of aliphatic hydroxyl groups excluding tert-OH is 1. The van der Waals surface area contributed by atoms with Crippen LogP contribution in [0.4, 0.5) is 4.39 Å². The van der Waals surface area contributed by atoms with Gasteiger partial charge in [-0.25, -0.2) is 17.5 Å². The summed E-state index contributed by atoms with van der Waals surface area (Å²) in [7, 11) is -4.78. The first kappa shape index (κ1) is 17.8. The van der Waals surface area contributed by atoms with Gasteiger partial charge in [-0.2, -0.15) is 0 Å². The van der Waals surface area contributed by atoms with Gasteiger partial charge in [0.1, 0.15) is 12.4 Å². The number of hydrogen-bond acceptors (Lipinski definition) is 4. The summed E-state index contributed by atoms with van der Waals surface area (Å²) < 4.78 is 50.7. The highest BCUT2D eigenvalue weighted by atomic mass is 32.2. The number of rotatable bonds is 6. The third-order valence-corrected chi connectivity index (χ3v) is 4.78. The Morgan fingerprint density at radius 1 is 1.43 bits per heavy atom. The molecule has 0 bridgehead atoms. The molecule has 0 aliphatic rings. The van der Waals surface area contributed by atoms with E-state index in [0.29, 0.717) is 12.2 Å². The fourth-order valence-corrected chi connectivity index (χ4v) is 3.10. The van der Waals surface area contributed by atoms with Crippen LogP contribution in [0.2, 0.25) is 0 Å². The quantitative estimate of drug-likeness (QED) is 0.576. The van der Waals surface area contributed by atoms with Crippen LogP contribution in [-0.4, -0.2) is 42.9 Å². The minimum atomic E-state index is -3.80. The lowest BCUT2D eigenvalue weighted by atomic mass is 10.2. The molecule has 0 spiro atoms. The molecule has 1 atom stereocenters. The van der Waals surface area contributed by atoms with Gasteiger partial charge in [-0.3, -0.25) is 4.21 Å². The molecular formula is C13H16FNO4S2. The monoisotopic (exact) mass is 333 g/mol. The molecular weight excluding hydrogens is 317 g/mol. The van der Waals surface area contributed by atoms with Crippen molar-refractivity contribution in [1.82, 2.24) is 4.72 Å². The Morgan fingerprint density at radius 2 is 2.14 bits per heavy atom. The average Bonchev–Trinajstić information content (AvgIpc) is 2.42. The van der Waals surface area contributed by atoms with E-state index in [2.05, 4.69) is 16.6 Å². The Morgan fingerprint density at radius 3 is 2.71 bits per heavy atom. The maximum absolute atomic E-state index is 13.7. The molecule has 1 rings (SSSR count). The lowest BCUT2D eigenvalue weighted by molar-refractivity contribution is 0.350. The van der Waals surface area contributed by atoms with E-state index in [1.54, 1.807) is 0 Å². The van der Waals surface area contributed by atoms with E-state index in [4.69, 9.17) is 5.11 Å². The number of benzene rings is 1. The highest BCUT2D eigenvalue weighted by Crippen LogP contribution is 2.14. The van der Waals surface area contributed by atoms with Crippen molar-refractivity contribution in [2.75, 3.05) is 25.2 Å². The molecule has 21 heavy (non-hydrogen) atoms. The zero-order valence-corrected chi connectivity index (χ0v) is 13.1. The Balaban J connectivity index is 2.79. The summed E-state index contributed by atoms with van der Waals surface area (Å²) in [5, 5.41) is 8.54. The molecule has 0 saturated carbocycles. The smallest absolute Gasteiger partial charge is 0.240 e. The molecule has 0 amide bonds. The second-order valence-corrected chi connectivity index (χ2v) is 7.45. The van der Waals surface area contributed by atoms with Gasteiger partial charge in [-0.05, 0) is 24.6 Å². The van der Waals surface area contributed by atoms with Crippen LogP contribution in [0, 0.1) is 17.7 Å². The third-order valence-electron chi connectivity index (χ3n) is 2.45. The van der Waals surface area contributed by atoms with Gasteiger partial charge >= 0.3 is 0 Å². The van der Waals surface area contributed by atoms with Gasteiger partial charge in [0.2, 0.25) is 10.0 Å². The predicted molar refractivity (Wildman–Crippen MR) is 79.1 cm³/mol. The zero-order chi connectivity index (χ0) is 15.9. The van der Waals surface area contributed by atoms with E-state index in [1.165, 1.54) is 18.4 Å². The molecule has 0 aliphatic heterocycles. The normalized spacial score (nSPS) is 12.5. The summed E-state index contributed by atoms with van der Waals surface area (Å²) in [5.41, 5.74) is 0.0179. The van der Waals surface area contributed by atoms with Crippen molar-refractivity contribution in [1.29, 1.82) is 0 Å². The number of sulfonamides is 1. The number of hydrogen-bond donors (Lipinski definition) is 2. The van der Waals surface area contributed by atoms with E-state index in [-0.39, 0.29) is 17.0 Å². The summed E-state index contributed by atoms with van der Waals surface area (Å²) in [4.78, 5) is -0.202. The molecule has 0 fully saturated rings. The van der Waals surface area contributed by atoms with E-state index >= 15 is 0 Å². The first-order valence-electron chi connectivity index (χ1n) is 6.06. The fourth-order valence-electron chi connectivity index (χ4n) is 1.46. The van der Waals surface area contributed by atoms with Gasteiger partial charge in [-0.1, -0.05) is 11.8 Å². The van der Waals surface area contributed by atoms with Gasteiger partial charge in [0, 0.05) is 29.4 Å². The predicted octanol–water partition coefficient (Wildman–Crippen LogP) is 0.216. The Bertz CT molecular complexity index is 677. The standard InChI is InChI=1S/C13H16FNO4S2/c1-20(17)9-3-7-15-21(18,19)12-6-5-11(4-2-8-16)13(14)10-12/h5-6,10,15-16H,3,7-9H2,1H3. The van der Waals surface area contributed by atoms with Crippen LogP contribution >= 0.6 is 0 Å². The molecule has 1 unspecified atom stereocenters. The van der Waals surface area contributed by atoms with Crippen LogP contribution < -0.4 is 4.72 Å². The van der Waals surface area contributed by atoms with E-state index in [9.17, 15) is 17.0 Å². The third kappa shape index (κ3) is 5.93. The summed E-state index contributed by atoms with van der Waals surface area (Å²) in [6, 6.07) is 3.36. The minimum absolute atomic E-state index is 0.0179. The SMILES string of the molecule is CS(=O)CCCNS(=O)(=O)c1ccc(C#CCO)c(F)c1. The average molecular weight is 333 g/mol. The lowest BCUT2D eigenvalue weighted by Crippen LogP contribution is -2.25. The molecule has 116 valence electrons. The molecule has 0 radical (unpaired) electrons. The topological polar surface area (TPSA) is 83.5 Å². The second kappa shape index (κ2) is 8.24. The molecule has 5 nitrogen and oxygen atoms in total. The van der Waals surface area contributed by atoms with Gasteiger partial charge in [-0.15, -0.1) is 0 Å². The summed E-state index contributed by atoms with van der Waals surface area (Å²) >= 11 is 0. The molecule has 2 N–H and O–H groups in total. The zero-order valence-electron chi connectivity index (χ0n) is 11.4. The first-order chi connectivity index (χ1) is 9.86. The lowest BCUT2D eigenvalue weighted by Gasteiger charge is -2.07. The summed E-state index contributed by atoms with van der Waals surface area (Å²) in [6.07, 6.45) is 1.97. The Hall–Kier alpha value is -1.27. The van der Waals surface area contributed by atoms with Gasteiger partial charge in [0.15, 0.2) is 0 Å². The summed E-state index contributed by atoms with van der Waals surface area (Å²) in [6.45, 7) is -0.268. The van der Waals surface area contributed by atoms with Crippen molar-refractivity contribution in [2.45, 2.75) is 11.3 Å². The summed E-state index contributed by atoms with van der Waals surface area (Å²) in [5.74, 6) is 4.30. The van der Waals surface area contributed by atoms with Crippen LogP contribution in [0.25, 0.3) is 0 Å². The van der Waals surface area contributed by atoms with E-state index < -0.39 is 33.2 Å². The highest BCUT2D eigenvalue weighted by molar-refractivity contribution is 7.89. The maximum Gasteiger partial charge on any atom is 0.240 e. The Kier molecular flexibility index (Phi) is 6.98. The molecule has 1 aromatic rings. The molecule has 8 heteroatoms. The number of halogens is 1. The highest BCUT2D eigenvalue weighted by Gasteiger charge is 2.15. The van der Waals surface area contributed by atoms with E-state index in [1.807, 2.05) is 0 Å². The van der Waals surface area contributed by atoms with Gasteiger partial charge < -0.3 is 5.11 Å². The second-order valence-electron chi connectivity index (χ2n) is 4.13. The van der Waals surface area contributed by atoms with Crippen molar-refractivity contribution < 1.29 is 22.1 Å². The van der Waals surface area contributed by atoms with E-state index in [0.717, 1.165) is 6.07 Å². The van der Waals surface area contributed by atoms with Crippen LogP contribution in [0.3, 0.4) is 0 Å². The van der Waals surface area contributed by atoms with Crippen molar-refractivity contribution in [2.24, 2.45) is 0 Å². The van der Waals surface area contributed by atoms with Crippen molar-refractivity contribution in [3.8, 4) is 11.8 Å². The van der Waals surface area contributed by atoms with Crippen LogP contribution in [-0.2, 0) is 20.8 Å². The maximum atomic E-state index is 13.7. The van der Waals surface area contributed by atoms with Crippen LogP contribution in [0.5, 0.6) is 0 Å². The van der Waals surface area contributed by atoms with Gasteiger partial charge in [0.25, 0.3) is 0 Å². The Labute approximate surface area is 126 Å². The first-order valence-corrected chi connectivity index (χ1v) is 9.27. The van der Waals surface area contributed by atoms with Crippen molar-refractivity contribution >= 4 is 20.8 Å².